The van der Waals surface area contributed by atoms with Gasteiger partial charge in [0.15, 0.2) is 0 Å². The first kappa shape index (κ1) is 17.9. The first-order chi connectivity index (χ1) is 10.6. The van der Waals surface area contributed by atoms with Crippen LogP contribution in [0.15, 0.2) is 29.2 Å². The molecule has 5 nitrogen and oxygen atoms in total. The van der Waals surface area contributed by atoms with Crippen molar-refractivity contribution in [1.82, 2.24) is 9.62 Å². The Morgan fingerprint density at radius 2 is 1.83 bits per heavy atom. The van der Waals surface area contributed by atoms with Crippen LogP contribution in [0.1, 0.15) is 50.9 Å². The molecule has 0 saturated carbocycles. The number of benzene rings is 1. The first-order valence-electron chi connectivity index (χ1n) is 8.02. The van der Waals surface area contributed by atoms with Crippen LogP contribution in [0.25, 0.3) is 0 Å². The number of hydrogen-bond acceptors (Lipinski definition) is 3. The average molecular weight is 338 g/mol. The van der Waals surface area contributed by atoms with Crippen molar-refractivity contribution in [2.45, 2.75) is 51.0 Å². The van der Waals surface area contributed by atoms with E-state index in [0.29, 0.717) is 11.5 Å². The number of hydrogen-bond donors (Lipinski definition) is 1. The van der Waals surface area contributed by atoms with Crippen molar-refractivity contribution in [3.05, 3.63) is 29.8 Å². The highest BCUT2D eigenvalue weighted by Crippen LogP contribution is 2.19. The van der Waals surface area contributed by atoms with Crippen molar-refractivity contribution in [2.24, 2.45) is 5.92 Å². The van der Waals surface area contributed by atoms with Crippen LogP contribution in [-0.4, -0.2) is 37.9 Å². The molecule has 0 radical (unpaired) electrons. The van der Waals surface area contributed by atoms with E-state index in [1.807, 2.05) is 4.90 Å². The van der Waals surface area contributed by atoms with Crippen molar-refractivity contribution in [1.29, 1.82) is 0 Å². The zero-order chi connectivity index (χ0) is 17.3. The molecular formula is C17H26N2O3S. The number of carbonyl (C=O) groups is 1. The minimum atomic E-state index is -3.57. The van der Waals surface area contributed by atoms with Gasteiger partial charge in [0.05, 0.1) is 4.90 Å². The summed E-state index contributed by atoms with van der Waals surface area (Å²) in [5.41, 5.74) is -0.00845. The molecule has 1 atom stereocenters. The van der Waals surface area contributed by atoms with Gasteiger partial charge in [-0.15, -0.1) is 0 Å². The second kappa shape index (κ2) is 6.61. The summed E-state index contributed by atoms with van der Waals surface area (Å²) in [6.07, 6.45) is 2.17. The highest BCUT2D eigenvalue weighted by Gasteiger charge is 2.24. The monoisotopic (exact) mass is 338 g/mol. The molecular weight excluding hydrogens is 312 g/mol. The van der Waals surface area contributed by atoms with E-state index in [2.05, 4.69) is 11.6 Å². The van der Waals surface area contributed by atoms with E-state index in [4.69, 9.17) is 0 Å². The Morgan fingerprint density at radius 1 is 1.22 bits per heavy atom. The fourth-order valence-corrected chi connectivity index (χ4v) is 4.21. The number of sulfonamides is 1. The summed E-state index contributed by atoms with van der Waals surface area (Å²) in [6.45, 7) is 9.06. The molecule has 6 heteroatoms. The second-order valence-corrected chi connectivity index (χ2v) is 9.06. The molecule has 0 aliphatic carbocycles. The number of likely N-dealkylation sites (tertiary alicyclic amines) is 1. The Balaban J connectivity index is 2.14. The predicted molar refractivity (Wildman–Crippen MR) is 90.8 cm³/mol. The fraction of sp³-hybridized carbons (Fsp3) is 0.588. The molecule has 1 saturated heterocycles. The summed E-state index contributed by atoms with van der Waals surface area (Å²) in [6, 6.07) is 6.18. The molecule has 0 bridgehead atoms. The Hall–Kier alpha value is -1.40. The molecule has 1 N–H and O–H groups in total. The summed E-state index contributed by atoms with van der Waals surface area (Å²) in [5.74, 6) is 0.493. The van der Waals surface area contributed by atoms with E-state index in [1.165, 1.54) is 12.1 Å². The Bertz CT molecular complexity index is 660. The Labute approximate surface area is 139 Å². The number of carbonyl (C=O) groups excluding carboxylic acids is 1. The number of piperidine rings is 1. The molecule has 1 aliphatic rings. The van der Waals surface area contributed by atoms with Crippen molar-refractivity contribution >= 4 is 15.9 Å². The number of nitrogens with zero attached hydrogens (tertiary/aromatic N) is 1. The van der Waals surface area contributed by atoms with Gasteiger partial charge in [-0.05, 0) is 63.8 Å². The van der Waals surface area contributed by atoms with Gasteiger partial charge in [0.2, 0.25) is 10.0 Å². The summed E-state index contributed by atoms with van der Waals surface area (Å²) in [7, 11) is -3.57. The maximum absolute atomic E-state index is 12.5. The third-order valence-electron chi connectivity index (χ3n) is 3.80. The zero-order valence-electron chi connectivity index (χ0n) is 14.3. The maximum atomic E-state index is 12.5. The molecule has 0 aromatic heterocycles. The lowest BCUT2D eigenvalue weighted by Crippen LogP contribution is -2.40. The number of rotatable bonds is 3. The van der Waals surface area contributed by atoms with Gasteiger partial charge >= 0.3 is 0 Å². The predicted octanol–water partition coefficient (Wildman–Crippen LogP) is 2.64. The van der Waals surface area contributed by atoms with Crippen LogP contribution in [0.2, 0.25) is 0 Å². The van der Waals surface area contributed by atoms with E-state index in [9.17, 15) is 13.2 Å². The van der Waals surface area contributed by atoms with Gasteiger partial charge in [0.25, 0.3) is 5.91 Å². The van der Waals surface area contributed by atoms with Crippen LogP contribution in [0.3, 0.4) is 0 Å². The standard InChI is InChI=1S/C17H26N2O3S/c1-13-6-5-11-19(12-13)16(20)14-7-9-15(10-8-14)23(21,22)18-17(2,3)4/h7-10,13,18H,5-6,11-12H2,1-4H3. The van der Waals surface area contributed by atoms with Crippen LogP contribution in [0.5, 0.6) is 0 Å². The smallest absolute Gasteiger partial charge is 0.253 e. The topological polar surface area (TPSA) is 66.5 Å². The van der Waals surface area contributed by atoms with Gasteiger partial charge in [-0.25, -0.2) is 13.1 Å². The highest BCUT2D eigenvalue weighted by atomic mass is 32.2. The second-order valence-electron chi connectivity index (χ2n) is 7.38. The number of amides is 1. The molecule has 1 heterocycles. The Kier molecular flexibility index (Phi) is 5.16. The minimum Gasteiger partial charge on any atom is -0.338 e. The summed E-state index contributed by atoms with van der Waals surface area (Å²) in [5, 5.41) is 0. The van der Waals surface area contributed by atoms with Crippen molar-refractivity contribution < 1.29 is 13.2 Å². The van der Waals surface area contributed by atoms with Crippen LogP contribution < -0.4 is 4.72 Å². The van der Waals surface area contributed by atoms with Crippen LogP contribution >= 0.6 is 0 Å². The lowest BCUT2D eigenvalue weighted by atomic mass is 9.99. The third-order valence-corrected chi connectivity index (χ3v) is 5.57. The molecule has 2 rings (SSSR count). The van der Waals surface area contributed by atoms with E-state index in [0.717, 1.165) is 25.9 Å². The van der Waals surface area contributed by atoms with E-state index in [1.54, 1.807) is 32.9 Å². The quantitative estimate of drug-likeness (QED) is 0.921. The number of nitrogens with one attached hydrogen (secondary N) is 1. The minimum absolute atomic E-state index is 0.0238. The molecule has 1 aromatic rings. The lowest BCUT2D eigenvalue weighted by Gasteiger charge is -2.31. The lowest BCUT2D eigenvalue weighted by molar-refractivity contribution is 0.0683. The third kappa shape index (κ3) is 4.78. The van der Waals surface area contributed by atoms with Crippen molar-refractivity contribution in [3.8, 4) is 0 Å². The molecule has 1 amide bonds. The largest absolute Gasteiger partial charge is 0.338 e. The SMILES string of the molecule is CC1CCCN(C(=O)c2ccc(S(=O)(=O)NC(C)(C)C)cc2)C1. The molecule has 128 valence electrons. The summed E-state index contributed by atoms with van der Waals surface area (Å²) in [4.78, 5) is 14.5. The molecule has 1 aromatic carbocycles. The molecule has 1 aliphatic heterocycles. The molecule has 1 fully saturated rings. The van der Waals surface area contributed by atoms with Crippen molar-refractivity contribution in [3.63, 3.8) is 0 Å². The van der Waals surface area contributed by atoms with E-state index in [-0.39, 0.29) is 10.8 Å². The van der Waals surface area contributed by atoms with Gasteiger partial charge in [-0.1, -0.05) is 6.92 Å². The van der Waals surface area contributed by atoms with Gasteiger partial charge in [-0.2, -0.15) is 0 Å². The van der Waals surface area contributed by atoms with Crippen LogP contribution in [-0.2, 0) is 10.0 Å². The van der Waals surface area contributed by atoms with E-state index < -0.39 is 15.6 Å². The maximum Gasteiger partial charge on any atom is 0.253 e. The zero-order valence-corrected chi connectivity index (χ0v) is 15.1. The van der Waals surface area contributed by atoms with Crippen LogP contribution in [0, 0.1) is 5.92 Å². The normalized spacial score (nSPS) is 19.7. The molecule has 0 spiro atoms. The first-order valence-corrected chi connectivity index (χ1v) is 9.50. The van der Waals surface area contributed by atoms with Crippen LogP contribution in [0.4, 0.5) is 0 Å². The van der Waals surface area contributed by atoms with Gasteiger partial charge in [0.1, 0.15) is 0 Å². The highest BCUT2D eigenvalue weighted by molar-refractivity contribution is 7.89. The van der Waals surface area contributed by atoms with Gasteiger partial charge in [0, 0.05) is 24.2 Å². The molecule has 1 unspecified atom stereocenters. The van der Waals surface area contributed by atoms with Crippen molar-refractivity contribution in [2.75, 3.05) is 13.1 Å². The average Bonchev–Trinajstić information content (AvgIpc) is 2.44. The van der Waals surface area contributed by atoms with Gasteiger partial charge < -0.3 is 4.90 Å². The van der Waals surface area contributed by atoms with E-state index >= 15 is 0 Å². The molecule has 23 heavy (non-hydrogen) atoms. The van der Waals surface area contributed by atoms with Gasteiger partial charge in [-0.3, -0.25) is 4.79 Å². The summed E-state index contributed by atoms with van der Waals surface area (Å²) < 4.78 is 27.1. The fourth-order valence-electron chi connectivity index (χ4n) is 2.80. The summed E-state index contributed by atoms with van der Waals surface area (Å²) >= 11 is 0. The Morgan fingerprint density at radius 3 is 2.35 bits per heavy atom.